The smallest absolute Gasteiger partial charge is 0.325 e. The number of hydrogen-bond donors (Lipinski definition) is 1. The van der Waals surface area contributed by atoms with Crippen LogP contribution in [0.1, 0.15) is 30.2 Å². The highest BCUT2D eigenvalue weighted by molar-refractivity contribution is 6.04. The zero-order chi connectivity index (χ0) is 19.0. The van der Waals surface area contributed by atoms with Gasteiger partial charge < -0.3 is 14.8 Å². The Bertz CT molecular complexity index is 878. The molecule has 2 aromatic rings. The van der Waals surface area contributed by atoms with Crippen LogP contribution < -0.4 is 5.32 Å². The summed E-state index contributed by atoms with van der Waals surface area (Å²) in [6, 6.07) is 9.53. The van der Waals surface area contributed by atoms with Gasteiger partial charge in [-0.25, -0.2) is 4.79 Å². The first-order valence-electron chi connectivity index (χ1n) is 8.85. The van der Waals surface area contributed by atoms with Crippen LogP contribution in [0.15, 0.2) is 30.3 Å². The van der Waals surface area contributed by atoms with Gasteiger partial charge >= 0.3 is 6.03 Å². The van der Waals surface area contributed by atoms with Crippen molar-refractivity contribution in [2.24, 2.45) is 0 Å². The molecule has 0 aliphatic carbocycles. The molecule has 1 aromatic heterocycles. The molecule has 2 aliphatic heterocycles. The van der Waals surface area contributed by atoms with Gasteiger partial charge in [-0.05, 0) is 12.5 Å². The lowest BCUT2D eigenvalue weighted by Gasteiger charge is -2.33. The van der Waals surface area contributed by atoms with E-state index in [1.54, 1.807) is 4.90 Å². The quantitative estimate of drug-likeness (QED) is 0.784. The van der Waals surface area contributed by atoms with Crippen molar-refractivity contribution in [2.45, 2.75) is 25.9 Å². The van der Waals surface area contributed by atoms with E-state index < -0.39 is 6.03 Å². The first-order chi connectivity index (χ1) is 13.0. The molecular formula is C18H20N6O3. The third-order valence-corrected chi connectivity index (χ3v) is 4.88. The highest BCUT2D eigenvalue weighted by Gasteiger charge is 2.34. The highest BCUT2D eigenvalue weighted by atomic mass is 16.2. The van der Waals surface area contributed by atoms with Crippen LogP contribution in [-0.4, -0.2) is 62.0 Å². The summed E-state index contributed by atoms with van der Waals surface area (Å²) in [5.41, 5.74) is 1.15. The molecule has 2 aliphatic rings. The van der Waals surface area contributed by atoms with E-state index in [0.29, 0.717) is 25.3 Å². The molecule has 0 bridgehead atoms. The van der Waals surface area contributed by atoms with E-state index in [-0.39, 0.29) is 30.9 Å². The molecule has 9 heteroatoms. The van der Waals surface area contributed by atoms with Crippen LogP contribution in [0.3, 0.4) is 0 Å². The van der Waals surface area contributed by atoms with E-state index in [1.165, 1.54) is 0 Å². The van der Waals surface area contributed by atoms with E-state index in [2.05, 4.69) is 20.1 Å². The molecule has 1 atom stereocenters. The third-order valence-electron chi connectivity index (χ3n) is 4.88. The van der Waals surface area contributed by atoms with Crippen molar-refractivity contribution in [1.29, 1.82) is 0 Å². The maximum absolute atomic E-state index is 12.6. The van der Waals surface area contributed by atoms with Crippen molar-refractivity contribution < 1.29 is 14.4 Å². The van der Waals surface area contributed by atoms with Crippen molar-refractivity contribution in [3.8, 4) is 0 Å². The van der Waals surface area contributed by atoms with E-state index >= 15 is 0 Å². The summed E-state index contributed by atoms with van der Waals surface area (Å²) in [5, 5.41) is 11.0. The second kappa shape index (κ2) is 6.82. The summed E-state index contributed by atoms with van der Waals surface area (Å²) >= 11 is 0. The Hall–Kier alpha value is -3.23. The fourth-order valence-electron chi connectivity index (χ4n) is 3.55. The number of carbonyl (C=O) groups is 3. The maximum atomic E-state index is 12.6. The molecule has 4 rings (SSSR count). The number of benzene rings is 1. The lowest BCUT2D eigenvalue weighted by Crippen LogP contribution is -2.46. The van der Waals surface area contributed by atoms with Crippen LogP contribution in [0.5, 0.6) is 0 Å². The molecule has 0 spiro atoms. The van der Waals surface area contributed by atoms with E-state index in [9.17, 15) is 14.4 Å². The molecule has 0 unspecified atom stereocenters. The zero-order valence-electron chi connectivity index (χ0n) is 15.0. The number of nitrogens with one attached hydrogen (secondary N) is 1. The molecule has 0 radical (unpaired) electrons. The Labute approximate surface area is 156 Å². The molecule has 1 aromatic carbocycles. The molecule has 1 saturated heterocycles. The highest BCUT2D eigenvalue weighted by Crippen LogP contribution is 2.23. The number of rotatable bonds is 4. The molecule has 27 heavy (non-hydrogen) atoms. The first-order valence-corrected chi connectivity index (χ1v) is 8.85. The van der Waals surface area contributed by atoms with Gasteiger partial charge in [-0.3, -0.25) is 14.5 Å². The Morgan fingerprint density at radius 3 is 2.70 bits per heavy atom. The fourth-order valence-corrected chi connectivity index (χ4v) is 3.55. The summed E-state index contributed by atoms with van der Waals surface area (Å²) in [6.07, 6.45) is 0.675. The maximum Gasteiger partial charge on any atom is 0.325 e. The summed E-state index contributed by atoms with van der Waals surface area (Å²) in [7, 11) is 0. The van der Waals surface area contributed by atoms with Gasteiger partial charge in [-0.2, -0.15) is 0 Å². The predicted octanol–water partition coefficient (Wildman–Crippen LogP) is 0.324. The van der Waals surface area contributed by atoms with Crippen LogP contribution in [0.25, 0.3) is 0 Å². The Morgan fingerprint density at radius 1 is 1.22 bits per heavy atom. The zero-order valence-corrected chi connectivity index (χ0v) is 15.0. The summed E-state index contributed by atoms with van der Waals surface area (Å²) in [5.74, 6) is 0.924. The molecule has 0 saturated carbocycles. The number of fused-ring (bicyclic) bond motifs is 1. The molecular weight excluding hydrogens is 348 g/mol. The number of amides is 4. The van der Waals surface area contributed by atoms with E-state index in [0.717, 1.165) is 16.3 Å². The van der Waals surface area contributed by atoms with Crippen molar-refractivity contribution in [1.82, 2.24) is 29.9 Å². The monoisotopic (exact) mass is 368 g/mol. The van der Waals surface area contributed by atoms with Gasteiger partial charge in [0.05, 0.1) is 19.1 Å². The van der Waals surface area contributed by atoms with Crippen LogP contribution in [0, 0.1) is 0 Å². The van der Waals surface area contributed by atoms with Gasteiger partial charge in [0.25, 0.3) is 5.91 Å². The minimum Gasteiger partial charge on any atom is -0.332 e. The lowest BCUT2D eigenvalue weighted by atomic mass is 10.1. The number of nitrogens with zero attached hydrogens (tertiary/aromatic N) is 5. The van der Waals surface area contributed by atoms with Gasteiger partial charge in [-0.1, -0.05) is 30.3 Å². The van der Waals surface area contributed by atoms with Crippen LogP contribution in [0.4, 0.5) is 4.79 Å². The SMILES string of the molecule is C[C@H]1CN(C(=O)CN2C(=O)CNC2=O)Cc2nnc(Cc3ccccc3)n21. The minimum atomic E-state index is -0.522. The number of aromatic nitrogens is 3. The summed E-state index contributed by atoms with van der Waals surface area (Å²) in [4.78, 5) is 38.5. The van der Waals surface area contributed by atoms with E-state index in [1.807, 2.05) is 37.3 Å². The molecule has 1 N–H and O–H groups in total. The molecule has 140 valence electrons. The number of carbonyl (C=O) groups excluding carboxylic acids is 3. The third kappa shape index (κ3) is 3.27. The van der Waals surface area contributed by atoms with E-state index in [4.69, 9.17) is 0 Å². The van der Waals surface area contributed by atoms with Gasteiger partial charge in [0, 0.05) is 13.0 Å². The average Bonchev–Trinajstić information content (AvgIpc) is 3.21. The molecule has 9 nitrogen and oxygen atoms in total. The van der Waals surface area contributed by atoms with Gasteiger partial charge in [0.2, 0.25) is 5.91 Å². The Balaban J connectivity index is 1.48. The fraction of sp³-hybridized carbons (Fsp3) is 0.389. The standard InChI is InChI=1S/C18H20N6O3/c1-12-9-22(17(26)11-23-16(25)8-19-18(23)27)10-15-21-20-14(24(12)15)7-13-5-3-2-4-6-13/h2-6,12H,7-11H2,1H3,(H,19,27)/t12-/m0/s1. The molecule has 4 amide bonds. The molecule has 1 fully saturated rings. The minimum absolute atomic E-state index is 0.00881. The van der Waals surface area contributed by atoms with Crippen LogP contribution in [0.2, 0.25) is 0 Å². The summed E-state index contributed by atoms with van der Waals surface area (Å²) < 4.78 is 2.07. The predicted molar refractivity (Wildman–Crippen MR) is 94.5 cm³/mol. The number of urea groups is 1. The largest absolute Gasteiger partial charge is 0.332 e. The lowest BCUT2D eigenvalue weighted by molar-refractivity contribution is -0.138. The topological polar surface area (TPSA) is 100 Å². The van der Waals surface area contributed by atoms with Crippen LogP contribution >= 0.6 is 0 Å². The second-order valence-corrected chi connectivity index (χ2v) is 6.83. The molecule has 3 heterocycles. The number of hydrogen-bond acceptors (Lipinski definition) is 5. The summed E-state index contributed by atoms with van der Waals surface area (Å²) in [6.45, 7) is 2.50. The van der Waals surface area contributed by atoms with Gasteiger partial charge in [-0.15, -0.1) is 10.2 Å². The van der Waals surface area contributed by atoms with Crippen molar-refractivity contribution in [2.75, 3.05) is 19.6 Å². The second-order valence-electron chi connectivity index (χ2n) is 6.83. The van der Waals surface area contributed by atoms with Gasteiger partial charge in [0.15, 0.2) is 5.82 Å². The van der Waals surface area contributed by atoms with Crippen molar-refractivity contribution in [3.63, 3.8) is 0 Å². The average molecular weight is 368 g/mol. The van der Waals surface area contributed by atoms with Gasteiger partial charge in [0.1, 0.15) is 12.4 Å². The Morgan fingerprint density at radius 2 is 2.00 bits per heavy atom. The normalized spacial score (nSPS) is 19.2. The first kappa shape index (κ1) is 17.2. The van der Waals surface area contributed by atoms with Crippen LogP contribution in [-0.2, 0) is 22.6 Å². The van der Waals surface area contributed by atoms with Crippen molar-refractivity contribution in [3.05, 3.63) is 47.5 Å². The Kier molecular flexibility index (Phi) is 4.35. The van der Waals surface area contributed by atoms with Crippen molar-refractivity contribution >= 4 is 17.8 Å². The number of imide groups is 1.